The summed E-state index contributed by atoms with van der Waals surface area (Å²) in [6.45, 7) is 7.90. The molecule has 0 spiro atoms. The van der Waals surface area contributed by atoms with Gasteiger partial charge in [0.15, 0.2) is 24.6 Å². The first kappa shape index (κ1) is 22.6. The maximum absolute atomic E-state index is 11.6. The topological polar surface area (TPSA) is 124 Å². The monoisotopic (exact) mass is 388 g/mol. The lowest BCUT2D eigenvalue weighted by molar-refractivity contribution is -0.305. The van der Waals surface area contributed by atoms with E-state index in [0.29, 0.717) is 0 Å². The van der Waals surface area contributed by atoms with Crippen molar-refractivity contribution in [2.75, 3.05) is 13.2 Å². The van der Waals surface area contributed by atoms with Crippen molar-refractivity contribution in [3.8, 4) is 0 Å². The molecule has 0 N–H and O–H groups in total. The van der Waals surface area contributed by atoms with Crippen LogP contribution in [0.4, 0.5) is 0 Å². The van der Waals surface area contributed by atoms with Crippen molar-refractivity contribution in [1.29, 1.82) is 0 Å². The van der Waals surface area contributed by atoms with E-state index in [1.807, 2.05) is 0 Å². The molecule has 0 bridgehead atoms. The Labute approximate surface area is 156 Å². The molecule has 0 amide bonds. The number of carbonyl (C=O) groups excluding carboxylic acids is 4. The van der Waals surface area contributed by atoms with Gasteiger partial charge in [0.2, 0.25) is 0 Å². The summed E-state index contributed by atoms with van der Waals surface area (Å²) in [6.07, 6.45) is -4.41. The smallest absolute Gasteiger partial charge is 0.303 e. The van der Waals surface area contributed by atoms with Crippen LogP contribution < -0.4 is 0 Å². The summed E-state index contributed by atoms with van der Waals surface area (Å²) in [5.74, 6) is -2.67. The third kappa shape index (κ3) is 7.35. The fourth-order valence-electron chi connectivity index (χ4n) is 2.49. The van der Waals surface area contributed by atoms with E-state index in [9.17, 15) is 19.2 Å². The first-order chi connectivity index (χ1) is 12.6. The minimum atomic E-state index is -1.24. The Hall–Kier alpha value is -2.46. The Morgan fingerprint density at radius 1 is 0.852 bits per heavy atom. The van der Waals surface area contributed by atoms with Crippen LogP contribution in [0.3, 0.4) is 0 Å². The first-order valence-electron chi connectivity index (χ1n) is 8.18. The highest BCUT2D eigenvalue weighted by Crippen LogP contribution is 2.29. The fraction of sp³-hybridized carbons (Fsp3) is 0.647. The number of rotatable bonds is 8. The van der Waals surface area contributed by atoms with E-state index in [1.54, 1.807) is 0 Å². The van der Waals surface area contributed by atoms with Crippen molar-refractivity contribution in [1.82, 2.24) is 0 Å². The van der Waals surface area contributed by atoms with Crippen molar-refractivity contribution in [3.63, 3.8) is 0 Å². The van der Waals surface area contributed by atoms with Gasteiger partial charge in [-0.15, -0.1) is 6.58 Å². The lowest BCUT2D eigenvalue weighted by Crippen LogP contribution is -2.62. The van der Waals surface area contributed by atoms with Crippen LogP contribution in [0, 0.1) is 0 Å². The molecule has 10 nitrogen and oxygen atoms in total. The summed E-state index contributed by atoms with van der Waals surface area (Å²) in [7, 11) is 0. The normalized spacial score (nSPS) is 27.2. The van der Waals surface area contributed by atoms with Crippen LogP contribution in [0.1, 0.15) is 27.7 Å². The Kier molecular flexibility index (Phi) is 8.89. The quantitative estimate of drug-likeness (QED) is 0.325. The highest BCUT2D eigenvalue weighted by molar-refractivity contribution is 5.68. The average molecular weight is 388 g/mol. The fourth-order valence-corrected chi connectivity index (χ4v) is 2.49. The second-order valence-electron chi connectivity index (χ2n) is 5.69. The van der Waals surface area contributed by atoms with Crippen LogP contribution in [-0.4, -0.2) is 67.8 Å². The van der Waals surface area contributed by atoms with Gasteiger partial charge in [0, 0.05) is 27.7 Å². The molecule has 10 heteroatoms. The molecule has 152 valence electrons. The van der Waals surface area contributed by atoms with Gasteiger partial charge in [0.1, 0.15) is 12.7 Å². The van der Waals surface area contributed by atoms with E-state index >= 15 is 0 Å². The first-order valence-corrected chi connectivity index (χ1v) is 8.18. The van der Waals surface area contributed by atoms with Crippen LogP contribution in [0.25, 0.3) is 0 Å². The summed E-state index contributed by atoms with van der Waals surface area (Å²) in [4.78, 5) is 45.8. The predicted octanol–water partition coefficient (Wildman–Crippen LogP) is 0.272. The van der Waals surface area contributed by atoms with Gasteiger partial charge in [-0.3, -0.25) is 19.2 Å². The maximum atomic E-state index is 11.6. The molecule has 0 aromatic rings. The molecule has 5 atom stereocenters. The zero-order valence-electron chi connectivity index (χ0n) is 15.7. The van der Waals surface area contributed by atoms with Gasteiger partial charge < -0.3 is 28.4 Å². The zero-order chi connectivity index (χ0) is 20.6. The van der Waals surface area contributed by atoms with Gasteiger partial charge in [0.25, 0.3) is 0 Å². The highest BCUT2D eigenvalue weighted by Gasteiger charge is 2.52. The van der Waals surface area contributed by atoms with E-state index in [0.717, 1.165) is 20.8 Å². The molecule has 1 saturated heterocycles. The van der Waals surface area contributed by atoms with Gasteiger partial charge in [-0.1, -0.05) is 6.08 Å². The molecule has 1 fully saturated rings. The molecule has 1 heterocycles. The van der Waals surface area contributed by atoms with Gasteiger partial charge >= 0.3 is 23.9 Å². The van der Waals surface area contributed by atoms with E-state index in [1.165, 1.54) is 13.0 Å². The van der Waals surface area contributed by atoms with E-state index in [2.05, 4.69) is 6.58 Å². The standard InChI is InChI=1S/C17H24O10/c1-6-7-22-17-16(26-12(5)21)15(25-11(4)20)14(24-10(3)19)13(27-17)8-23-9(2)18/h6,13-17H,1,7-8H2,2-5H3/t13?,14-,15+,16-,17?/m1/s1. The minimum Gasteiger partial charge on any atom is -0.463 e. The van der Waals surface area contributed by atoms with Crippen LogP contribution in [-0.2, 0) is 47.6 Å². The minimum absolute atomic E-state index is 0.0355. The summed E-state index contributed by atoms with van der Waals surface area (Å²) in [5.41, 5.74) is 0. The summed E-state index contributed by atoms with van der Waals surface area (Å²) < 4.78 is 31.7. The van der Waals surface area contributed by atoms with E-state index in [-0.39, 0.29) is 13.2 Å². The molecule has 2 unspecified atom stereocenters. The molecule has 1 aliphatic heterocycles. The third-order valence-electron chi connectivity index (χ3n) is 3.33. The lowest BCUT2D eigenvalue weighted by Gasteiger charge is -2.43. The number of hydrogen-bond acceptors (Lipinski definition) is 10. The Morgan fingerprint density at radius 3 is 1.85 bits per heavy atom. The molecule has 0 radical (unpaired) electrons. The van der Waals surface area contributed by atoms with Gasteiger partial charge in [-0.05, 0) is 0 Å². The third-order valence-corrected chi connectivity index (χ3v) is 3.33. The Bertz CT molecular complexity index is 572. The number of carbonyl (C=O) groups is 4. The van der Waals surface area contributed by atoms with Crippen molar-refractivity contribution >= 4 is 23.9 Å². The molecule has 27 heavy (non-hydrogen) atoms. The van der Waals surface area contributed by atoms with Gasteiger partial charge in [-0.25, -0.2) is 0 Å². The summed E-state index contributed by atoms with van der Waals surface area (Å²) >= 11 is 0. The van der Waals surface area contributed by atoms with Gasteiger partial charge in [-0.2, -0.15) is 0 Å². The van der Waals surface area contributed by atoms with E-state index < -0.39 is 54.6 Å². The Morgan fingerprint density at radius 2 is 1.37 bits per heavy atom. The molecule has 1 rings (SSSR count). The van der Waals surface area contributed by atoms with Crippen molar-refractivity contribution in [2.45, 2.75) is 58.4 Å². The SMILES string of the molecule is C=CCOC1OC(COC(C)=O)[C@@H](OC(C)=O)[C@H](OC(C)=O)[C@H]1OC(C)=O. The number of esters is 4. The molecule has 0 saturated carbocycles. The second-order valence-corrected chi connectivity index (χ2v) is 5.69. The Balaban J connectivity index is 3.24. The highest BCUT2D eigenvalue weighted by atomic mass is 16.7. The number of hydrogen-bond donors (Lipinski definition) is 0. The molecule has 1 aliphatic rings. The second kappa shape index (κ2) is 10.6. The number of ether oxygens (including phenoxy) is 6. The molecular weight excluding hydrogens is 364 g/mol. The lowest BCUT2D eigenvalue weighted by atomic mass is 9.98. The molecule has 0 aromatic heterocycles. The van der Waals surface area contributed by atoms with Crippen LogP contribution >= 0.6 is 0 Å². The van der Waals surface area contributed by atoms with Crippen LogP contribution in [0.15, 0.2) is 12.7 Å². The van der Waals surface area contributed by atoms with Crippen LogP contribution in [0.2, 0.25) is 0 Å². The summed E-state index contributed by atoms with van der Waals surface area (Å²) in [5, 5.41) is 0. The van der Waals surface area contributed by atoms with E-state index in [4.69, 9.17) is 28.4 Å². The summed E-state index contributed by atoms with van der Waals surface area (Å²) in [6, 6.07) is 0. The molecular formula is C17H24O10. The van der Waals surface area contributed by atoms with Crippen molar-refractivity contribution in [3.05, 3.63) is 12.7 Å². The van der Waals surface area contributed by atoms with Crippen LogP contribution in [0.5, 0.6) is 0 Å². The predicted molar refractivity (Wildman–Crippen MR) is 88.1 cm³/mol. The average Bonchev–Trinajstić information content (AvgIpc) is 2.54. The van der Waals surface area contributed by atoms with Crippen molar-refractivity contribution in [2.24, 2.45) is 0 Å². The zero-order valence-corrected chi connectivity index (χ0v) is 15.7. The van der Waals surface area contributed by atoms with Gasteiger partial charge in [0.05, 0.1) is 6.61 Å². The largest absolute Gasteiger partial charge is 0.463 e. The maximum Gasteiger partial charge on any atom is 0.303 e. The van der Waals surface area contributed by atoms with Crippen molar-refractivity contribution < 1.29 is 47.6 Å². The molecule has 0 aromatic carbocycles. The molecule has 0 aliphatic carbocycles.